The molecule has 2 rings (SSSR count). The number of nitrogens with one attached hydrogen (secondary N) is 1. The Morgan fingerprint density at radius 2 is 1.95 bits per heavy atom. The molecule has 0 fully saturated rings. The minimum Gasteiger partial charge on any atom is -0.494 e. The number of ether oxygens (including phenoxy) is 2. The molecule has 0 aliphatic rings. The molecule has 2 heterocycles. The van der Waals surface area contributed by atoms with Gasteiger partial charge in [-0.3, -0.25) is 4.40 Å². The number of alkyl carbamates (subject to hydrolysis) is 1. The molecule has 0 radical (unpaired) electrons. The molecule has 0 saturated heterocycles. The van der Waals surface area contributed by atoms with Crippen LogP contribution in [0.15, 0.2) is 24.5 Å². The van der Waals surface area contributed by atoms with Crippen molar-refractivity contribution < 1.29 is 14.3 Å². The van der Waals surface area contributed by atoms with Gasteiger partial charge >= 0.3 is 6.09 Å². The maximum absolute atomic E-state index is 12.0. The van der Waals surface area contributed by atoms with Crippen molar-refractivity contribution in [1.29, 1.82) is 0 Å². The van der Waals surface area contributed by atoms with Crippen LogP contribution in [0.25, 0.3) is 5.52 Å². The number of amides is 1. The lowest BCUT2D eigenvalue weighted by Gasteiger charge is -2.27. The van der Waals surface area contributed by atoms with Crippen molar-refractivity contribution in [1.82, 2.24) is 14.7 Å². The van der Waals surface area contributed by atoms with Gasteiger partial charge in [0.05, 0.1) is 18.8 Å². The van der Waals surface area contributed by atoms with E-state index >= 15 is 0 Å². The van der Waals surface area contributed by atoms with Crippen LogP contribution in [0.2, 0.25) is 0 Å². The standard InChI is InChI=1S/C16H23N3O3/c1-15(2,3)22-14(20)18-16(4,5)13-17-10-11-12(21-6)8-7-9-19(11)13/h7-10H,1-6H3,(H,18,20). The van der Waals surface area contributed by atoms with E-state index in [1.165, 1.54) is 0 Å². The number of carbonyl (C=O) groups is 1. The largest absolute Gasteiger partial charge is 0.494 e. The highest BCUT2D eigenvalue weighted by atomic mass is 16.6. The van der Waals surface area contributed by atoms with Crippen LogP contribution in [0.1, 0.15) is 40.4 Å². The van der Waals surface area contributed by atoms with Gasteiger partial charge < -0.3 is 14.8 Å². The van der Waals surface area contributed by atoms with Gasteiger partial charge in [0, 0.05) is 6.20 Å². The van der Waals surface area contributed by atoms with Gasteiger partial charge in [-0.2, -0.15) is 0 Å². The molecule has 0 spiro atoms. The van der Waals surface area contributed by atoms with Crippen molar-refractivity contribution in [3.63, 3.8) is 0 Å². The SMILES string of the molecule is COc1cccn2c(C(C)(C)NC(=O)OC(C)(C)C)ncc12. The van der Waals surface area contributed by atoms with Crippen molar-refractivity contribution in [2.75, 3.05) is 7.11 Å². The lowest BCUT2D eigenvalue weighted by molar-refractivity contribution is 0.0466. The summed E-state index contributed by atoms with van der Waals surface area (Å²) in [4.78, 5) is 16.5. The second-order valence-corrected chi connectivity index (χ2v) is 6.67. The Balaban J connectivity index is 2.32. The average molecular weight is 305 g/mol. The summed E-state index contributed by atoms with van der Waals surface area (Å²) < 4.78 is 12.5. The molecule has 2 aromatic rings. The number of aromatic nitrogens is 2. The number of nitrogens with zero attached hydrogens (tertiary/aromatic N) is 2. The zero-order valence-corrected chi connectivity index (χ0v) is 13.9. The summed E-state index contributed by atoms with van der Waals surface area (Å²) in [6.45, 7) is 9.25. The molecule has 0 bridgehead atoms. The minimum atomic E-state index is -0.693. The number of hydrogen-bond donors (Lipinski definition) is 1. The average Bonchev–Trinajstić information content (AvgIpc) is 2.79. The summed E-state index contributed by atoms with van der Waals surface area (Å²) in [5.74, 6) is 1.43. The Bertz CT molecular complexity index is 683. The van der Waals surface area contributed by atoms with Crippen LogP contribution in [0.4, 0.5) is 4.79 Å². The quantitative estimate of drug-likeness (QED) is 0.946. The van der Waals surface area contributed by atoms with Gasteiger partial charge in [-0.25, -0.2) is 9.78 Å². The predicted molar refractivity (Wildman–Crippen MR) is 84.1 cm³/mol. The van der Waals surface area contributed by atoms with Crippen LogP contribution in [-0.2, 0) is 10.3 Å². The van der Waals surface area contributed by atoms with Crippen molar-refractivity contribution in [2.45, 2.75) is 45.8 Å². The molecule has 6 nitrogen and oxygen atoms in total. The van der Waals surface area contributed by atoms with Gasteiger partial charge in [0.15, 0.2) is 0 Å². The maximum Gasteiger partial charge on any atom is 0.408 e. The molecule has 0 unspecified atom stereocenters. The molecule has 120 valence electrons. The van der Waals surface area contributed by atoms with E-state index in [1.54, 1.807) is 13.3 Å². The van der Waals surface area contributed by atoms with Crippen LogP contribution in [0.3, 0.4) is 0 Å². The third kappa shape index (κ3) is 3.32. The van der Waals surface area contributed by atoms with Crippen LogP contribution >= 0.6 is 0 Å². The maximum atomic E-state index is 12.0. The third-order valence-corrected chi connectivity index (χ3v) is 3.12. The van der Waals surface area contributed by atoms with Gasteiger partial charge in [-0.05, 0) is 46.8 Å². The summed E-state index contributed by atoms with van der Waals surface area (Å²) in [5, 5.41) is 2.86. The highest BCUT2D eigenvalue weighted by Gasteiger charge is 2.30. The van der Waals surface area contributed by atoms with Crippen molar-refractivity contribution in [2.24, 2.45) is 0 Å². The Morgan fingerprint density at radius 1 is 1.27 bits per heavy atom. The number of fused-ring (bicyclic) bond motifs is 1. The third-order valence-electron chi connectivity index (χ3n) is 3.12. The fourth-order valence-corrected chi connectivity index (χ4v) is 2.25. The minimum absolute atomic E-state index is 0.475. The second kappa shape index (κ2) is 5.51. The molecule has 0 aliphatic heterocycles. The van der Waals surface area contributed by atoms with Gasteiger partial charge in [0.2, 0.25) is 0 Å². The molecule has 1 amide bonds. The number of carbonyl (C=O) groups excluding carboxylic acids is 1. The smallest absolute Gasteiger partial charge is 0.408 e. The second-order valence-electron chi connectivity index (χ2n) is 6.67. The highest BCUT2D eigenvalue weighted by molar-refractivity contribution is 5.69. The van der Waals surface area contributed by atoms with E-state index in [9.17, 15) is 4.79 Å². The van der Waals surface area contributed by atoms with Gasteiger partial charge in [-0.15, -0.1) is 0 Å². The Labute approximate surface area is 130 Å². The monoisotopic (exact) mass is 305 g/mol. The molecule has 0 aromatic carbocycles. The first-order valence-corrected chi connectivity index (χ1v) is 7.16. The number of imidazole rings is 1. The fourth-order valence-electron chi connectivity index (χ4n) is 2.25. The van der Waals surface area contributed by atoms with Crippen molar-refractivity contribution >= 4 is 11.6 Å². The molecular weight excluding hydrogens is 282 g/mol. The summed E-state index contributed by atoms with van der Waals surface area (Å²) in [6, 6.07) is 3.75. The first kappa shape index (κ1) is 16.1. The predicted octanol–water partition coefficient (Wildman–Crippen LogP) is 3.10. The van der Waals surface area contributed by atoms with E-state index in [-0.39, 0.29) is 0 Å². The van der Waals surface area contributed by atoms with Gasteiger partial charge in [0.1, 0.15) is 22.7 Å². The summed E-state index contributed by atoms with van der Waals surface area (Å²) >= 11 is 0. The van der Waals surface area contributed by atoms with Crippen molar-refractivity contribution in [3.05, 3.63) is 30.4 Å². The van der Waals surface area contributed by atoms with E-state index in [0.717, 1.165) is 11.3 Å². The molecule has 0 saturated carbocycles. The Morgan fingerprint density at radius 3 is 2.55 bits per heavy atom. The summed E-state index contributed by atoms with van der Waals surface area (Å²) in [7, 11) is 1.62. The molecule has 1 N–H and O–H groups in total. The number of hydrogen-bond acceptors (Lipinski definition) is 4. The molecular formula is C16H23N3O3. The van der Waals surface area contributed by atoms with Crippen LogP contribution in [0, 0.1) is 0 Å². The topological polar surface area (TPSA) is 64.9 Å². The fraction of sp³-hybridized carbons (Fsp3) is 0.500. The summed E-state index contributed by atoms with van der Waals surface area (Å²) in [6.07, 6.45) is 3.14. The van der Waals surface area contributed by atoms with Crippen LogP contribution in [-0.4, -0.2) is 28.2 Å². The first-order chi connectivity index (χ1) is 10.1. The van der Waals surface area contributed by atoms with Gasteiger partial charge in [0.25, 0.3) is 0 Å². The number of rotatable bonds is 3. The summed E-state index contributed by atoms with van der Waals surface area (Å²) in [5.41, 5.74) is -0.391. The number of methoxy groups -OCH3 is 1. The molecule has 0 aliphatic carbocycles. The van der Waals surface area contributed by atoms with Crippen LogP contribution < -0.4 is 10.1 Å². The Kier molecular flexibility index (Phi) is 4.04. The lowest BCUT2D eigenvalue weighted by atomic mass is 10.1. The Hall–Kier alpha value is -2.24. The zero-order valence-electron chi connectivity index (χ0n) is 13.9. The van der Waals surface area contributed by atoms with E-state index in [4.69, 9.17) is 9.47 Å². The molecule has 6 heteroatoms. The van der Waals surface area contributed by atoms with E-state index in [0.29, 0.717) is 5.82 Å². The molecule has 2 aromatic heterocycles. The van der Waals surface area contributed by atoms with Crippen molar-refractivity contribution in [3.8, 4) is 5.75 Å². The lowest BCUT2D eigenvalue weighted by Crippen LogP contribution is -2.44. The highest BCUT2D eigenvalue weighted by Crippen LogP contribution is 2.26. The normalized spacial score (nSPS) is 12.3. The number of pyridine rings is 1. The molecule has 0 atom stereocenters. The van der Waals surface area contributed by atoms with E-state index in [2.05, 4.69) is 10.3 Å². The zero-order chi connectivity index (χ0) is 16.5. The van der Waals surface area contributed by atoms with Crippen LogP contribution in [0.5, 0.6) is 5.75 Å². The van der Waals surface area contributed by atoms with E-state index < -0.39 is 17.2 Å². The first-order valence-electron chi connectivity index (χ1n) is 7.16. The van der Waals surface area contributed by atoms with E-state index in [1.807, 2.05) is 57.3 Å². The van der Waals surface area contributed by atoms with Gasteiger partial charge in [-0.1, -0.05) is 0 Å². The molecule has 22 heavy (non-hydrogen) atoms.